The number of hydrogen-bond acceptors (Lipinski definition) is 3. The molecule has 0 aromatic rings. The zero-order chi connectivity index (χ0) is 12.8. The molecule has 0 rings (SSSR count). The Bertz CT molecular complexity index is 183. The lowest BCUT2D eigenvalue weighted by Crippen LogP contribution is -2.49. The highest BCUT2D eigenvalue weighted by Gasteiger charge is 2.23. The van der Waals surface area contributed by atoms with Crippen LogP contribution in [0.15, 0.2) is 0 Å². The highest BCUT2D eigenvalue weighted by atomic mass is 16.3. The summed E-state index contributed by atoms with van der Waals surface area (Å²) in [5.74, 6) is 0. The van der Waals surface area contributed by atoms with Crippen LogP contribution in [0.4, 0.5) is 0 Å². The molecule has 0 aromatic carbocycles. The van der Waals surface area contributed by atoms with Gasteiger partial charge in [-0.1, -0.05) is 13.8 Å². The molecule has 1 atom stereocenters. The Morgan fingerprint density at radius 3 is 2.19 bits per heavy atom. The summed E-state index contributed by atoms with van der Waals surface area (Å²) in [5.41, 5.74) is -0.133. The number of hydrogen-bond donors (Lipinski definition) is 2. The second-order valence-corrected chi connectivity index (χ2v) is 5.70. The fraction of sp³-hybridized carbons (Fsp3) is 1.00. The van der Waals surface area contributed by atoms with E-state index in [0.29, 0.717) is 12.1 Å². The predicted molar refractivity (Wildman–Crippen MR) is 70.8 cm³/mol. The number of nitrogens with one attached hydrogen (secondary N) is 1. The fourth-order valence-corrected chi connectivity index (χ4v) is 1.87. The van der Waals surface area contributed by atoms with Gasteiger partial charge in [0.2, 0.25) is 0 Å². The molecule has 0 aliphatic heterocycles. The van der Waals surface area contributed by atoms with Crippen molar-refractivity contribution in [3.8, 4) is 0 Å². The van der Waals surface area contributed by atoms with Crippen molar-refractivity contribution >= 4 is 0 Å². The van der Waals surface area contributed by atoms with E-state index in [1.54, 1.807) is 0 Å². The third-order valence-corrected chi connectivity index (χ3v) is 3.11. The van der Waals surface area contributed by atoms with Gasteiger partial charge < -0.3 is 15.3 Å². The molecule has 0 radical (unpaired) electrons. The van der Waals surface area contributed by atoms with E-state index in [0.717, 1.165) is 19.4 Å². The molecular weight excluding hydrogens is 200 g/mol. The molecule has 1 unspecified atom stereocenters. The number of nitrogens with zero attached hydrogens (tertiary/aromatic N) is 1. The molecular formula is C13H30N2O. The highest BCUT2D eigenvalue weighted by molar-refractivity contribution is 4.84. The Hall–Kier alpha value is -0.120. The molecule has 0 aromatic heterocycles. The van der Waals surface area contributed by atoms with Gasteiger partial charge in [0, 0.05) is 17.6 Å². The van der Waals surface area contributed by atoms with Crippen molar-refractivity contribution in [1.82, 2.24) is 10.2 Å². The Balaban J connectivity index is 3.95. The van der Waals surface area contributed by atoms with Crippen LogP contribution in [0, 0.1) is 0 Å². The van der Waals surface area contributed by atoms with Crippen molar-refractivity contribution in [3.63, 3.8) is 0 Å². The normalized spacial score (nSPS) is 16.1. The monoisotopic (exact) mass is 230 g/mol. The van der Waals surface area contributed by atoms with E-state index in [9.17, 15) is 5.11 Å². The number of aliphatic hydroxyl groups excluding tert-OH is 1. The molecule has 0 aliphatic carbocycles. The molecule has 0 aliphatic rings. The summed E-state index contributed by atoms with van der Waals surface area (Å²) in [6, 6.07) is 1.01. The zero-order valence-electron chi connectivity index (χ0n) is 11.9. The summed E-state index contributed by atoms with van der Waals surface area (Å²) < 4.78 is 0. The SMILES string of the molecule is CC(C)NC(C)(CO)CCCN(C)C(C)C. The van der Waals surface area contributed by atoms with Crippen molar-refractivity contribution in [2.24, 2.45) is 0 Å². The molecule has 0 bridgehead atoms. The quantitative estimate of drug-likeness (QED) is 0.668. The lowest BCUT2D eigenvalue weighted by molar-refractivity contribution is 0.148. The molecule has 0 heterocycles. The topological polar surface area (TPSA) is 35.5 Å². The van der Waals surface area contributed by atoms with Gasteiger partial charge in [0.1, 0.15) is 0 Å². The Kier molecular flexibility index (Phi) is 7.20. The summed E-state index contributed by atoms with van der Waals surface area (Å²) in [4.78, 5) is 2.34. The molecule has 0 spiro atoms. The van der Waals surface area contributed by atoms with E-state index in [1.807, 2.05) is 0 Å². The Morgan fingerprint density at radius 2 is 1.81 bits per heavy atom. The van der Waals surface area contributed by atoms with E-state index in [2.05, 4.69) is 51.9 Å². The van der Waals surface area contributed by atoms with Crippen LogP contribution in [-0.2, 0) is 0 Å². The first-order valence-electron chi connectivity index (χ1n) is 6.39. The maximum atomic E-state index is 9.43. The lowest BCUT2D eigenvalue weighted by atomic mass is 9.95. The summed E-state index contributed by atoms with van der Waals surface area (Å²) >= 11 is 0. The summed E-state index contributed by atoms with van der Waals surface area (Å²) in [6.07, 6.45) is 2.13. The van der Waals surface area contributed by atoms with Crippen LogP contribution < -0.4 is 5.32 Å². The molecule has 98 valence electrons. The third kappa shape index (κ3) is 6.46. The third-order valence-electron chi connectivity index (χ3n) is 3.11. The van der Waals surface area contributed by atoms with Gasteiger partial charge in [-0.05, 0) is 47.2 Å². The Morgan fingerprint density at radius 1 is 1.25 bits per heavy atom. The van der Waals surface area contributed by atoms with Crippen LogP contribution in [0.5, 0.6) is 0 Å². The Labute approximate surface area is 101 Å². The lowest BCUT2D eigenvalue weighted by Gasteiger charge is -2.32. The van der Waals surface area contributed by atoms with E-state index >= 15 is 0 Å². The van der Waals surface area contributed by atoms with Crippen LogP contribution in [0.25, 0.3) is 0 Å². The van der Waals surface area contributed by atoms with Gasteiger partial charge in [0.25, 0.3) is 0 Å². The van der Waals surface area contributed by atoms with Crippen molar-refractivity contribution in [1.29, 1.82) is 0 Å². The average molecular weight is 230 g/mol. The van der Waals surface area contributed by atoms with Crippen molar-refractivity contribution in [3.05, 3.63) is 0 Å². The molecule has 0 fully saturated rings. The molecule has 2 N–H and O–H groups in total. The minimum Gasteiger partial charge on any atom is -0.394 e. The largest absolute Gasteiger partial charge is 0.394 e. The minimum absolute atomic E-state index is 0.133. The number of aliphatic hydroxyl groups is 1. The fourth-order valence-electron chi connectivity index (χ4n) is 1.87. The van der Waals surface area contributed by atoms with Crippen LogP contribution in [-0.4, -0.2) is 47.8 Å². The van der Waals surface area contributed by atoms with Crippen molar-refractivity contribution in [2.75, 3.05) is 20.2 Å². The maximum Gasteiger partial charge on any atom is 0.0610 e. The van der Waals surface area contributed by atoms with Crippen LogP contribution in [0.2, 0.25) is 0 Å². The van der Waals surface area contributed by atoms with Gasteiger partial charge in [0.15, 0.2) is 0 Å². The van der Waals surface area contributed by atoms with Gasteiger partial charge in [-0.15, -0.1) is 0 Å². The summed E-state index contributed by atoms with van der Waals surface area (Å²) in [5, 5.41) is 12.9. The van der Waals surface area contributed by atoms with Crippen molar-refractivity contribution < 1.29 is 5.11 Å². The summed E-state index contributed by atoms with van der Waals surface area (Å²) in [7, 11) is 2.15. The minimum atomic E-state index is -0.133. The maximum absolute atomic E-state index is 9.43. The van der Waals surface area contributed by atoms with E-state index < -0.39 is 0 Å². The van der Waals surface area contributed by atoms with Crippen LogP contribution in [0.3, 0.4) is 0 Å². The van der Waals surface area contributed by atoms with E-state index in [4.69, 9.17) is 0 Å². The first-order chi connectivity index (χ1) is 7.30. The molecule has 3 heteroatoms. The van der Waals surface area contributed by atoms with Gasteiger partial charge in [-0.2, -0.15) is 0 Å². The molecule has 0 saturated carbocycles. The standard InChI is InChI=1S/C13H30N2O/c1-11(2)14-13(5,10-16)8-7-9-15(6)12(3)4/h11-12,14,16H,7-10H2,1-6H3. The van der Waals surface area contributed by atoms with Gasteiger partial charge >= 0.3 is 0 Å². The molecule has 0 saturated heterocycles. The second-order valence-electron chi connectivity index (χ2n) is 5.70. The van der Waals surface area contributed by atoms with Gasteiger partial charge in [-0.25, -0.2) is 0 Å². The summed E-state index contributed by atoms with van der Waals surface area (Å²) in [6.45, 7) is 12.0. The molecule has 3 nitrogen and oxygen atoms in total. The van der Waals surface area contributed by atoms with E-state index in [1.165, 1.54) is 0 Å². The molecule has 16 heavy (non-hydrogen) atoms. The average Bonchev–Trinajstić information content (AvgIpc) is 2.16. The predicted octanol–water partition coefficient (Wildman–Crippen LogP) is 1.86. The highest BCUT2D eigenvalue weighted by Crippen LogP contribution is 2.13. The smallest absolute Gasteiger partial charge is 0.0610 e. The van der Waals surface area contributed by atoms with Gasteiger partial charge in [0.05, 0.1) is 6.61 Å². The first kappa shape index (κ1) is 15.9. The van der Waals surface area contributed by atoms with Crippen LogP contribution >= 0.6 is 0 Å². The van der Waals surface area contributed by atoms with Gasteiger partial charge in [-0.3, -0.25) is 0 Å². The molecule has 0 amide bonds. The zero-order valence-corrected chi connectivity index (χ0v) is 11.9. The van der Waals surface area contributed by atoms with Crippen LogP contribution in [0.1, 0.15) is 47.5 Å². The number of rotatable bonds is 8. The van der Waals surface area contributed by atoms with E-state index in [-0.39, 0.29) is 12.1 Å². The second kappa shape index (κ2) is 7.25. The first-order valence-corrected chi connectivity index (χ1v) is 6.39. The van der Waals surface area contributed by atoms with Crippen molar-refractivity contribution in [2.45, 2.75) is 65.1 Å².